The third kappa shape index (κ3) is 13.1. The molecule has 0 bridgehead atoms. The van der Waals surface area contributed by atoms with E-state index in [1.807, 2.05) is 48.5 Å². The van der Waals surface area contributed by atoms with Crippen LogP contribution in [0.5, 0.6) is 11.5 Å². The zero-order chi connectivity index (χ0) is 22.5. The van der Waals surface area contributed by atoms with Gasteiger partial charge in [0, 0.05) is 0 Å². The second-order valence-electron chi connectivity index (χ2n) is 6.61. The van der Waals surface area contributed by atoms with E-state index in [1.54, 1.807) is 6.07 Å². The van der Waals surface area contributed by atoms with Gasteiger partial charge in [-0.05, 0) is 24.3 Å². The van der Waals surface area contributed by atoms with Crippen molar-refractivity contribution >= 4 is 5.69 Å². The molecule has 2 aromatic rings. The van der Waals surface area contributed by atoms with Crippen LogP contribution in [0.15, 0.2) is 54.6 Å². The standard InChI is InChI=1S/C24H35NO7/c25-23-8-4-5-9-24(23)32-21-19-30-17-15-28-13-11-26-10-12-27-14-16-29-18-20-31-22-6-2-1-3-7-22/h1-9H,10-21,25H2. The van der Waals surface area contributed by atoms with Gasteiger partial charge in [-0.1, -0.05) is 30.3 Å². The Morgan fingerprint density at radius 1 is 0.438 bits per heavy atom. The van der Waals surface area contributed by atoms with Crippen molar-refractivity contribution < 1.29 is 33.2 Å². The zero-order valence-electron chi connectivity index (χ0n) is 18.6. The number of hydrogen-bond donors (Lipinski definition) is 1. The molecule has 2 aromatic carbocycles. The van der Waals surface area contributed by atoms with E-state index >= 15 is 0 Å². The van der Waals surface area contributed by atoms with Crippen LogP contribution in [0.25, 0.3) is 0 Å². The maximum Gasteiger partial charge on any atom is 0.142 e. The Morgan fingerprint density at radius 2 is 0.844 bits per heavy atom. The van der Waals surface area contributed by atoms with Gasteiger partial charge in [-0.15, -0.1) is 0 Å². The average Bonchev–Trinajstić information content (AvgIpc) is 2.82. The van der Waals surface area contributed by atoms with E-state index in [2.05, 4.69) is 0 Å². The molecule has 2 rings (SSSR count). The molecule has 0 unspecified atom stereocenters. The molecular formula is C24H35NO7. The minimum absolute atomic E-state index is 0.448. The van der Waals surface area contributed by atoms with Crippen LogP contribution in [0.2, 0.25) is 0 Å². The third-order valence-electron chi connectivity index (χ3n) is 4.13. The number of ether oxygens (including phenoxy) is 7. The maximum absolute atomic E-state index is 5.80. The summed E-state index contributed by atoms with van der Waals surface area (Å²) in [7, 11) is 0. The van der Waals surface area contributed by atoms with Gasteiger partial charge in [0.15, 0.2) is 0 Å². The van der Waals surface area contributed by atoms with Crippen molar-refractivity contribution in [1.29, 1.82) is 0 Å². The van der Waals surface area contributed by atoms with E-state index in [1.165, 1.54) is 0 Å². The van der Waals surface area contributed by atoms with Crippen molar-refractivity contribution in [2.75, 3.05) is 85.0 Å². The molecule has 0 heterocycles. The summed E-state index contributed by atoms with van der Waals surface area (Å²) in [6.07, 6.45) is 0. The Balaban J connectivity index is 1.23. The van der Waals surface area contributed by atoms with Crippen LogP contribution in [0.1, 0.15) is 0 Å². The van der Waals surface area contributed by atoms with Crippen LogP contribution in [-0.2, 0) is 23.7 Å². The van der Waals surface area contributed by atoms with Gasteiger partial charge in [-0.3, -0.25) is 0 Å². The van der Waals surface area contributed by atoms with Crippen molar-refractivity contribution in [2.45, 2.75) is 0 Å². The van der Waals surface area contributed by atoms with E-state index in [0.29, 0.717) is 90.7 Å². The summed E-state index contributed by atoms with van der Waals surface area (Å²) >= 11 is 0. The second kappa shape index (κ2) is 18.2. The van der Waals surface area contributed by atoms with Crippen molar-refractivity contribution in [3.8, 4) is 11.5 Å². The first-order chi connectivity index (χ1) is 15.9. The zero-order valence-corrected chi connectivity index (χ0v) is 18.6. The summed E-state index contributed by atoms with van der Waals surface area (Å²) in [5, 5.41) is 0. The first-order valence-corrected chi connectivity index (χ1v) is 10.9. The molecule has 0 atom stereocenters. The highest BCUT2D eigenvalue weighted by Crippen LogP contribution is 2.19. The Bertz CT molecular complexity index is 687. The van der Waals surface area contributed by atoms with E-state index < -0.39 is 0 Å². The third-order valence-corrected chi connectivity index (χ3v) is 4.13. The Hall–Kier alpha value is -2.36. The number of rotatable bonds is 20. The molecular weight excluding hydrogens is 414 g/mol. The predicted molar refractivity (Wildman–Crippen MR) is 122 cm³/mol. The summed E-state index contributed by atoms with van der Waals surface area (Å²) in [5.41, 5.74) is 6.42. The molecule has 0 fully saturated rings. The Kier molecular flexibility index (Phi) is 14.8. The van der Waals surface area contributed by atoms with Gasteiger partial charge < -0.3 is 38.9 Å². The van der Waals surface area contributed by atoms with Crippen molar-refractivity contribution in [3.63, 3.8) is 0 Å². The Morgan fingerprint density at radius 3 is 1.34 bits per heavy atom. The molecule has 0 radical (unpaired) electrons. The van der Waals surface area contributed by atoms with Crippen LogP contribution in [0, 0.1) is 0 Å². The Labute approximate surface area is 190 Å². The summed E-state index contributed by atoms with van der Waals surface area (Å²) < 4.78 is 38.3. The smallest absolute Gasteiger partial charge is 0.142 e. The van der Waals surface area contributed by atoms with E-state index in [9.17, 15) is 0 Å². The van der Waals surface area contributed by atoms with Crippen molar-refractivity contribution in [1.82, 2.24) is 0 Å². The first-order valence-electron chi connectivity index (χ1n) is 10.9. The highest BCUT2D eigenvalue weighted by Gasteiger charge is 1.98. The van der Waals surface area contributed by atoms with Crippen LogP contribution in [0.3, 0.4) is 0 Å². The molecule has 0 aromatic heterocycles. The highest BCUT2D eigenvalue weighted by atomic mass is 16.6. The molecule has 0 aliphatic heterocycles. The van der Waals surface area contributed by atoms with Gasteiger partial charge in [0.2, 0.25) is 0 Å². The monoisotopic (exact) mass is 449 g/mol. The van der Waals surface area contributed by atoms with E-state index in [-0.39, 0.29) is 0 Å². The van der Waals surface area contributed by atoms with Gasteiger partial charge in [0.25, 0.3) is 0 Å². The number of benzene rings is 2. The maximum atomic E-state index is 5.80. The molecule has 2 N–H and O–H groups in total. The lowest BCUT2D eigenvalue weighted by molar-refractivity contribution is -0.0141. The lowest BCUT2D eigenvalue weighted by Gasteiger charge is -2.09. The average molecular weight is 450 g/mol. The lowest BCUT2D eigenvalue weighted by Crippen LogP contribution is -2.15. The molecule has 8 heteroatoms. The summed E-state index contributed by atoms with van der Waals surface area (Å²) in [6, 6.07) is 17.1. The molecule has 0 amide bonds. The number of anilines is 1. The van der Waals surface area contributed by atoms with Gasteiger partial charge >= 0.3 is 0 Å². The molecule has 178 valence electrons. The van der Waals surface area contributed by atoms with Gasteiger partial charge in [-0.25, -0.2) is 0 Å². The van der Waals surface area contributed by atoms with Crippen LogP contribution < -0.4 is 15.2 Å². The fraction of sp³-hybridized carbons (Fsp3) is 0.500. The first kappa shape index (κ1) is 25.9. The van der Waals surface area contributed by atoms with Crippen LogP contribution in [0.4, 0.5) is 5.69 Å². The highest BCUT2D eigenvalue weighted by molar-refractivity contribution is 5.51. The van der Waals surface area contributed by atoms with Crippen LogP contribution >= 0.6 is 0 Å². The molecule has 0 saturated heterocycles. The molecule has 0 aliphatic rings. The molecule has 32 heavy (non-hydrogen) atoms. The molecule has 0 saturated carbocycles. The summed E-state index contributed by atoms with van der Waals surface area (Å²) in [5.74, 6) is 1.52. The van der Waals surface area contributed by atoms with Crippen LogP contribution in [-0.4, -0.2) is 79.3 Å². The lowest BCUT2D eigenvalue weighted by atomic mass is 10.3. The number of nitrogens with two attached hydrogens (primary N) is 1. The summed E-state index contributed by atoms with van der Waals surface area (Å²) in [6.45, 7) is 6.16. The second-order valence-corrected chi connectivity index (χ2v) is 6.61. The molecule has 8 nitrogen and oxygen atoms in total. The summed E-state index contributed by atoms with van der Waals surface area (Å²) in [4.78, 5) is 0. The van der Waals surface area contributed by atoms with Gasteiger partial charge in [-0.2, -0.15) is 0 Å². The van der Waals surface area contributed by atoms with Gasteiger partial charge in [0.05, 0.1) is 71.8 Å². The van der Waals surface area contributed by atoms with E-state index in [4.69, 9.17) is 38.9 Å². The SMILES string of the molecule is Nc1ccccc1OCCOCCOCCOCCOCCOCCOc1ccccc1. The number of para-hydroxylation sites is 3. The largest absolute Gasteiger partial charge is 0.491 e. The quantitative estimate of drug-likeness (QED) is 0.244. The van der Waals surface area contributed by atoms with Gasteiger partial charge in [0.1, 0.15) is 24.7 Å². The van der Waals surface area contributed by atoms with E-state index in [0.717, 1.165) is 5.75 Å². The van der Waals surface area contributed by atoms with Crippen molar-refractivity contribution in [2.24, 2.45) is 0 Å². The minimum atomic E-state index is 0.448. The minimum Gasteiger partial charge on any atom is -0.491 e. The number of nitrogen functional groups attached to an aromatic ring is 1. The molecule has 0 aliphatic carbocycles. The topological polar surface area (TPSA) is 90.6 Å². The normalized spacial score (nSPS) is 10.9. The fourth-order valence-electron chi connectivity index (χ4n) is 2.54. The predicted octanol–water partition coefficient (Wildman–Crippen LogP) is 2.81. The number of hydrogen-bond acceptors (Lipinski definition) is 8. The van der Waals surface area contributed by atoms with Crippen molar-refractivity contribution in [3.05, 3.63) is 54.6 Å². The fourth-order valence-corrected chi connectivity index (χ4v) is 2.54. The molecule has 0 spiro atoms.